The molecule has 3 atom stereocenters. The van der Waals surface area contributed by atoms with Crippen LogP contribution in [0.1, 0.15) is 40.7 Å². The highest BCUT2D eigenvalue weighted by Crippen LogP contribution is 2.46. The molecule has 1 saturated heterocycles. The number of rotatable bonds is 2. The van der Waals surface area contributed by atoms with Gasteiger partial charge < -0.3 is 9.38 Å². The third kappa shape index (κ3) is 2.73. The number of benzene rings is 2. The molecule has 2 heterocycles. The molecule has 0 N–H and O–H groups in total. The first-order valence-corrected chi connectivity index (χ1v) is 9.45. The molecule has 0 radical (unpaired) electrons. The zero-order valence-corrected chi connectivity index (χ0v) is 15.7. The lowest BCUT2D eigenvalue weighted by atomic mass is 9.87. The number of likely N-dealkylation sites (tertiary alicyclic amines) is 1. The van der Waals surface area contributed by atoms with Gasteiger partial charge in [0.15, 0.2) is 0 Å². The summed E-state index contributed by atoms with van der Waals surface area (Å²) in [4.78, 5) is 15.3. The van der Waals surface area contributed by atoms with E-state index in [4.69, 9.17) is 0 Å². The van der Waals surface area contributed by atoms with Crippen molar-refractivity contribution in [3.05, 3.63) is 65.0 Å². The maximum absolute atomic E-state index is 13.3. The molecular weight excluding hydrogens is 327 g/mol. The number of carbonyl (C=O) groups excluding carboxylic acids is 1. The van der Waals surface area contributed by atoms with Crippen LogP contribution in [0.15, 0.2) is 42.5 Å². The molecule has 4 heteroatoms. The highest BCUT2D eigenvalue weighted by Gasteiger charge is 2.48. The third-order valence-corrected chi connectivity index (χ3v) is 6.31. The summed E-state index contributed by atoms with van der Waals surface area (Å²) in [6.07, 6.45) is 0.996. The fourth-order valence-corrected chi connectivity index (χ4v) is 4.60. The second kappa shape index (κ2) is 6.20. The number of hydrogen-bond acceptors (Lipinski definition) is 1. The molecule has 0 spiro atoms. The summed E-state index contributed by atoms with van der Waals surface area (Å²) < 4.78 is 14.3. The summed E-state index contributed by atoms with van der Waals surface area (Å²) in [5.74, 6) is 0.0359. The fraction of sp³-hybridized carbons (Fsp3) is 0.409. The molecule has 3 nitrogen and oxygen atoms in total. The van der Waals surface area contributed by atoms with E-state index in [0.717, 1.165) is 36.2 Å². The number of fused-ring (bicyclic) bond motifs is 3. The van der Waals surface area contributed by atoms with Crippen molar-refractivity contribution in [3.63, 3.8) is 0 Å². The van der Waals surface area contributed by atoms with Crippen molar-refractivity contribution in [2.45, 2.75) is 32.2 Å². The predicted molar refractivity (Wildman–Crippen MR) is 102 cm³/mol. The van der Waals surface area contributed by atoms with Crippen molar-refractivity contribution in [2.75, 3.05) is 31.6 Å². The van der Waals surface area contributed by atoms with Crippen LogP contribution >= 0.6 is 0 Å². The van der Waals surface area contributed by atoms with Crippen molar-refractivity contribution in [2.24, 2.45) is 0 Å². The summed E-state index contributed by atoms with van der Waals surface area (Å²) in [5.41, 5.74) is 4.11. The van der Waals surface area contributed by atoms with Crippen LogP contribution in [0.5, 0.6) is 0 Å². The molecule has 4 rings (SSSR count). The van der Waals surface area contributed by atoms with E-state index < -0.39 is 0 Å². The van der Waals surface area contributed by atoms with Crippen molar-refractivity contribution in [1.29, 1.82) is 0 Å². The molecule has 2 aromatic rings. The number of carbonyl (C=O) groups is 1. The normalized spacial score (nSPS) is 27.2. The standard InChI is InChI=1S/C22H26FN2O/c1-4-25(3)12-11-21-19(14-25)18-13-15(2)5-10-20(18)24(21)22(26)16-6-8-17(23)9-7-16/h5-10,13,19,21H,4,11-12,14H2,1-3H3/q+1. The molecule has 3 unspecified atom stereocenters. The number of piperidine rings is 1. The van der Waals surface area contributed by atoms with E-state index in [2.05, 4.69) is 39.1 Å². The Balaban J connectivity index is 1.76. The monoisotopic (exact) mass is 353 g/mol. The number of hydrogen-bond donors (Lipinski definition) is 0. The van der Waals surface area contributed by atoms with E-state index in [1.807, 2.05) is 4.90 Å². The Labute approximate surface area is 154 Å². The molecular formula is C22H26FN2O+. The van der Waals surface area contributed by atoms with Gasteiger partial charge in [0.1, 0.15) is 5.82 Å². The molecule has 2 aliphatic rings. The number of halogens is 1. The minimum absolute atomic E-state index is 0.0183. The molecule has 0 aromatic heterocycles. The Bertz CT molecular complexity index is 848. The van der Waals surface area contributed by atoms with Gasteiger partial charge in [-0.15, -0.1) is 0 Å². The van der Waals surface area contributed by atoms with E-state index in [1.54, 1.807) is 12.1 Å². The van der Waals surface area contributed by atoms with E-state index >= 15 is 0 Å². The van der Waals surface area contributed by atoms with E-state index in [0.29, 0.717) is 11.5 Å². The zero-order chi connectivity index (χ0) is 18.5. The molecule has 26 heavy (non-hydrogen) atoms. The third-order valence-electron chi connectivity index (χ3n) is 6.31. The van der Waals surface area contributed by atoms with Gasteiger partial charge in [0.25, 0.3) is 5.91 Å². The second-order valence-electron chi connectivity index (χ2n) is 8.05. The maximum Gasteiger partial charge on any atom is 0.258 e. The van der Waals surface area contributed by atoms with Crippen LogP contribution in [0.4, 0.5) is 10.1 Å². The van der Waals surface area contributed by atoms with Crippen LogP contribution in [0.2, 0.25) is 0 Å². The molecule has 1 fully saturated rings. The smallest absolute Gasteiger partial charge is 0.258 e. The molecule has 0 saturated carbocycles. The van der Waals surface area contributed by atoms with Crippen molar-refractivity contribution in [1.82, 2.24) is 0 Å². The lowest BCUT2D eigenvalue weighted by Crippen LogP contribution is -2.56. The van der Waals surface area contributed by atoms with Gasteiger partial charge in [0, 0.05) is 17.7 Å². The van der Waals surface area contributed by atoms with Crippen LogP contribution in [0.3, 0.4) is 0 Å². The van der Waals surface area contributed by atoms with E-state index in [-0.39, 0.29) is 17.8 Å². The van der Waals surface area contributed by atoms with Crippen molar-refractivity contribution >= 4 is 11.6 Å². The molecule has 136 valence electrons. The number of nitrogens with zero attached hydrogens (tertiary/aromatic N) is 2. The van der Waals surface area contributed by atoms with Gasteiger partial charge in [-0.1, -0.05) is 17.7 Å². The highest BCUT2D eigenvalue weighted by molar-refractivity contribution is 6.08. The average molecular weight is 353 g/mol. The molecule has 0 bridgehead atoms. The van der Waals surface area contributed by atoms with Gasteiger partial charge in [-0.05, 0) is 49.7 Å². The van der Waals surface area contributed by atoms with Gasteiger partial charge in [-0.3, -0.25) is 4.79 Å². The summed E-state index contributed by atoms with van der Waals surface area (Å²) in [5, 5.41) is 0. The largest absolute Gasteiger partial charge is 0.326 e. The maximum atomic E-state index is 13.3. The van der Waals surface area contributed by atoms with Crippen LogP contribution in [-0.4, -0.2) is 43.1 Å². The Morgan fingerprint density at radius 3 is 2.65 bits per heavy atom. The lowest BCUT2D eigenvalue weighted by molar-refractivity contribution is -0.913. The SMILES string of the molecule is CC[N+]1(C)CCC2C(C1)c1cc(C)ccc1N2C(=O)c1ccc(F)cc1. The first kappa shape index (κ1) is 17.2. The highest BCUT2D eigenvalue weighted by atomic mass is 19.1. The first-order valence-electron chi connectivity index (χ1n) is 9.45. The Morgan fingerprint density at radius 2 is 1.96 bits per heavy atom. The van der Waals surface area contributed by atoms with Crippen molar-refractivity contribution in [3.8, 4) is 0 Å². The fourth-order valence-electron chi connectivity index (χ4n) is 4.60. The van der Waals surface area contributed by atoms with Crippen LogP contribution in [0.25, 0.3) is 0 Å². The van der Waals surface area contributed by atoms with Gasteiger partial charge in [-0.25, -0.2) is 4.39 Å². The number of quaternary nitrogens is 1. The number of amides is 1. The van der Waals surface area contributed by atoms with Crippen LogP contribution in [0, 0.1) is 12.7 Å². The van der Waals surface area contributed by atoms with E-state index in [1.165, 1.54) is 23.3 Å². The van der Waals surface area contributed by atoms with Crippen molar-refractivity contribution < 1.29 is 13.7 Å². The van der Waals surface area contributed by atoms with Crippen LogP contribution in [-0.2, 0) is 0 Å². The molecule has 2 aliphatic heterocycles. The van der Waals surface area contributed by atoms with E-state index in [9.17, 15) is 9.18 Å². The molecule has 1 amide bonds. The summed E-state index contributed by atoms with van der Waals surface area (Å²) in [6, 6.07) is 12.5. The summed E-state index contributed by atoms with van der Waals surface area (Å²) in [6.45, 7) is 7.60. The minimum Gasteiger partial charge on any atom is -0.326 e. The minimum atomic E-state index is -0.314. The first-order chi connectivity index (χ1) is 12.4. The molecule has 0 aliphatic carbocycles. The summed E-state index contributed by atoms with van der Waals surface area (Å²) in [7, 11) is 2.32. The van der Waals surface area contributed by atoms with Gasteiger partial charge in [0.2, 0.25) is 0 Å². The Kier molecular flexibility index (Phi) is 4.11. The number of aryl methyl sites for hydroxylation is 1. The van der Waals surface area contributed by atoms with Gasteiger partial charge >= 0.3 is 0 Å². The Morgan fingerprint density at radius 1 is 1.23 bits per heavy atom. The van der Waals surface area contributed by atoms with Gasteiger partial charge in [-0.2, -0.15) is 0 Å². The quantitative estimate of drug-likeness (QED) is 0.744. The van der Waals surface area contributed by atoms with Crippen LogP contribution < -0.4 is 4.90 Å². The molecule has 2 aromatic carbocycles. The second-order valence-corrected chi connectivity index (χ2v) is 8.05. The Hall–Kier alpha value is -2.20. The lowest BCUT2D eigenvalue weighted by Gasteiger charge is -2.43. The van der Waals surface area contributed by atoms with Gasteiger partial charge in [0.05, 0.1) is 38.6 Å². The zero-order valence-electron chi connectivity index (χ0n) is 15.7. The number of anilines is 1. The summed E-state index contributed by atoms with van der Waals surface area (Å²) >= 11 is 0. The predicted octanol–water partition coefficient (Wildman–Crippen LogP) is 4.12. The topological polar surface area (TPSA) is 20.3 Å². The average Bonchev–Trinajstić information content (AvgIpc) is 2.94. The number of likely N-dealkylation sites (N-methyl/N-ethyl adjacent to an activating group) is 1.